The average molecular weight is 295 g/mol. The number of nitrogens with two attached hydrogens (primary N) is 1. The number of nitriles is 1. The molecule has 20 heavy (non-hydrogen) atoms. The summed E-state index contributed by atoms with van der Waals surface area (Å²) in [5.74, 6) is -0.137. The minimum Gasteiger partial charge on any atom is -0.397 e. The topological polar surface area (TPSA) is 82.2 Å². The number of carbonyl (C=O) groups is 1. The molecule has 6 heteroatoms. The SMILES string of the molecule is CC(C#N)CN(C)CCC(=O)Nc1ccc(Cl)c(N)c1. The van der Waals surface area contributed by atoms with Crippen LogP contribution in [0, 0.1) is 17.2 Å². The Morgan fingerprint density at radius 1 is 1.60 bits per heavy atom. The molecule has 1 amide bonds. The molecule has 0 fully saturated rings. The maximum Gasteiger partial charge on any atom is 0.225 e. The van der Waals surface area contributed by atoms with Crippen LogP contribution in [0.1, 0.15) is 13.3 Å². The molecule has 0 bridgehead atoms. The number of nitrogens with one attached hydrogen (secondary N) is 1. The Balaban J connectivity index is 2.40. The van der Waals surface area contributed by atoms with Crippen molar-refractivity contribution in [3.8, 4) is 6.07 Å². The van der Waals surface area contributed by atoms with Gasteiger partial charge in [-0.1, -0.05) is 11.6 Å². The second-order valence-corrected chi connectivity index (χ2v) is 5.23. The summed E-state index contributed by atoms with van der Waals surface area (Å²) >= 11 is 5.81. The maximum absolute atomic E-state index is 11.8. The number of nitrogens with zero attached hydrogens (tertiary/aromatic N) is 2. The van der Waals surface area contributed by atoms with Crippen molar-refractivity contribution in [2.45, 2.75) is 13.3 Å². The lowest BCUT2D eigenvalue weighted by Crippen LogP contribution is -2.27. The number of hydrogen-bond donors (Lipinski definition) is 2. The van der Waals surface area contributed by atoms with E-state index >= 15 is 0 Å². The Labute approximate surface area is 124 Å². The Bertz CT molecular complexity index is 512. The van der Waals surface area contributed by atoms with Crippen molar-refractivity contribution in [1.29, 1.82) is 5.26 Å². The summed E-state index contributed by atoms with van der Waals surface area (Å²) in [5.41, 5.74) is 6.73. The van der Waals surface area contributed by atoms with Gasteiger partial charge in [0, 0.05) is 25.2 Å². The molecule has 0 radical (unpaired) electrons. The summed E-state index contributed by atoms with van der Waals surface area (Å²) in [6.07, 6.45) is 0.358. The third kappa shape index (κ3) is 5.47. The highest BCUT2D eigenvalue weighted by molar-refractivity contribution is 6.33. The van der Waals surface area contributed by atoms with Gasteiger partial charge in [0.05, 0.1) is 22.7 Å². The van der Waals surface area contributed by atoms with Crippen LogP contribution in [0.5, 0.6) is 0 Å². The highest BCUT2D eigenvalue weighted by atomic mass is 35.5. The van der Waals surface area contributed by atoms with Crippen molar-refractivity contribution in [3.05, 3.63) is 23.2 Å². The Hall–Kier alpha value is -1.77. The van der Waals surface area contributed by atoms with Crippen molar-refractivity contribution in [1.82, 2.24) is 4.90 Å². The van der Waals surface area contributed by atoms with E-state index in [0.29, 0.717) is 35.9 Å². The first-order valence-electron chi connectivity index (χ1n) is 6.35. The van der Waals surface area contributed by atoms with E-state index in [1.807, 2.05) is 18.9 Å². The third-order valence-electron chi connectivity index (χ3n) is 2.81. The molecule has 1 aromatic rings. The molecule has 0 aliphatic heterocycles. The normalized spacial score (nSPS) is 11.9. The van der Waals surface area contributed by atoms with Crippen LogP contribution >= 0.6 is 11.6 Å². The second-order valence-electron chi connectivity index (χ2n) is 4.83. The molecule has 3 N–H and O–H groups in total. The van der Waals surface area contributed by atoms with Gasteiger partial charge < -0.3 is 16.0 Å². The van der Waals surface area contributed by atoms with Crippen molar-refractivity contribution in [2.75, 3.05) is 31.2 Å². The molecule has 5 nitrogen and oxygen atoms in total. The highest BCUT2D eigenvalue weighted by Gasteiger charge is 2.08. The first-order chi connectivity index (χ1) is 9.42. The third-order valence-corrected chi connectivity index (χ3v) is 3.15. The van der Waals surface area contributed by atoms with Crippen molar-refractivity contribution < 1.29 is 4.79 Å². The van der Waals surface area contributed by atoms with Crippen LogP contribution in [0.4, 0.5) is 11.4 Å². The summed E-state index contributed by atoms with van der Waals surface area (Å²) in [4.78, 5) is 13.8. The summed E-state index contributed by atoms with van der Waals surface area (Å²) in [6, 6.07) is 7.15. The van der Waals surface area contributed by atoms with Gasteiger partial charge in [0.15, 0.2) is 0 Å². The number of hydrogen-bond acceptors (Lipinski definition) is 4. The predicted molar refractivity (Wildman–Crippen MR) is 81.4 cm³/mol. The van der Waals surface area contributed by atoms with Gasteiger partial charge in [-0.25, -0.2) is 0 Å². The number of anilines is 2. The largest absolute Gasteiger partial charge is 0.397 e. The van der Waals surface area contributed by atoms with E-state index in [1.165, 1.54) is 0 Å². The number of nitrogen functional groups attached to an aromatic ring is 1. The minimum absolute atomic E-state index is 0.0425. The molecule has 1 rings (SSSR count). The van der Waals surface area contributed by atoms with Crippen LogP contribution in [0.25, 0.3) is 0 Å². The molecular formula is C14H19ClN4O. The first-order valence-corrected chi connectivity index (χ1v) is 6.73. The van der Waals surface area contributed by atoms with E-state index in [0.717, 1.165) is 0 Å². The molecule has 0 spiro atoms. The smallest absolute Gasteiger partial charge is 0.225 e. The van der Waals surface area contributed by atoms with Crippen molar-refractivity contribution in [2.24, 2.45) is 5.92 Å². The fourth-order valence-electron chi connectivity index (χ4n) is 1.74. The quantitative estimate of drug-likeness (QED) is 0.789. The van der Waals surface area contributed by atoms with Crippen LogP contribution in [0.3, 0.4) is 0 Å². The van der Waals surface area contributed by atoms with Crippen molar-refractivity contribution in [3.63, 3.8) is 0 Å². The fourth-order valence-corrected chi connectivity index (χ4v) is 1.85. The molecule has 1 aromatic carbocycles. The van der Waals surface area contributed by atoms with Crippen LogP contribution in [0.2, 0.25) is 5.02 Å². The number of amides is 1. The predicted octanol–water partition coefficient (Wildman–Crippen LogP) is 2.34. The molecule has 0 saturated heterocycles. The van der Waals surface area contributed by atoms with Crippen LogP contribution < -0.4 is 11.1 Å². The molecular weight excluding hydrogens is 276 g/mol. The highest BCUT2D eigenvalue weighted by Crippen LogP contribution is 2.22. The summed E-state index contributed by atoms with van der Waals surface area (Å²) in [7, 11) is 1.89. The van der Waals surface area contributed by atoms with E-state index in [2.05, 4.69) is 11.4 Å². The number of rotatable bonds is 6. The lowest BCUT2D eigenvalue weighted by molar-refractivity contribution is -0.116. The second kappa shape index (κ2) is 7.73. The number of carbonyl (C=O) groups excluding carboxylic acids is 1. The van der Waals surface area contributed by atoms with Crippen LogP contribution in [0.15, 0.2) is 18.2 Å². The van der Waals surface area contributed by atoms with E-state index in [1.54, 1.807) is 18.2 Å². The zero-order valence-corrected chi connectivity index (χ0v) is 12.4. The first kappa shape index (κ1) is 16.3. The molecule has 1 atom stereocenters. The minimum atomic E-state index is -0.0943. The molecule has 0 aromatic heterocycles. The molecule has 0 saturated carbocycles. The van der Waals surface area contributed by atoms with Gasteiger partial charge in [0.1, 0.15) is 0 Å². The molecule has 108 valence electrons. The lowest BCUT2D eigenvalue weighted by atomic mass is 10.2. The molecule has 0 aliphatic rings. The number of benzene rings is 1. The van der Waals surface area contributed by atoms with Crippen molar-refractivity contribution >= 4 is 28.9 Å². The van der Waals surface area contributed by atoms with Gasteiger partial charge in [0.25, 0.3) is 0 Å². The number of halogens is 1. The Kier molecular flexibility index (Phi) is 6.29. The Morgan fingerprint density at radius 2 is 2.30 bits per heavy atom. The Morgan fingerprint density at radius 3 is 2.90 bits per heavy atom. The molecule has 0 heterocycles. The van der Waals surface area contributed by atoms with Gasteiger partial charge in [0.2, 0.25) is 5.91 Å². The van der Waals surface area contributed by atoms with Gasteiger partial charge >= 0.3 is 0 Å². The molecule has 0 aliphatic carbocycles. The lowest BCUT2D eigenvalue weighted by Gasteiger charge is -2.17. The summed E-state index contributed by atoms with van der Waals surface area (Å²) in [5, 5.41) is 12.0. The van der Waals surface area contributed by atoms with E-state index in [4.69, 9.17) is 22.6 Å². The maximum atomic E-state index is 11.8. The zero-order valence-electron chi connectivity index (χ0n) is 11.7. The van der Waals surface area contributed by atoms with E-state index < -0.39 is 0 Å². The summed E-state index contributed by atoms with van der Waals surface area (Å²) in [6.45, 7) is 3.10. The van der Waals surface area contributed by atoms with E-state index in [-0.39, 0.29) is 11.8 Å². The van der Waals surface area contributed by atoms with E-state index in [9.17, 15) is 4.79 Å². The van der Waals surface area contributed by atoms with Gasteiger partial charge in [-0.2, -0.15) is 5.26 Å². The summed E-state index contributed by atoms with van der Waals surface area (Å²) < 4.78 is 0. The average Bonchev–Trinajstić information content (AvgIpc) is 2.40. The van der Waals surface area contributed by atoms with Gasteiger partial charge in [-0.05, 0) is 32.2 Å². The fraction of sp³-hybridized carbons (Fsp3) is 0.429. The zero-order chi connectivity index (χ0) is 15.1. The molecule has 1 unspecified atom stereocenters. The van der Waals surface area contributed by atoms with Crippen LogP contribution in [-0.4, -0.2) is 30.9 Å². The monoisotopic (exact) mass is 294 g/mol. The van der Waals surface area contributed by atoms with Crippen LogP contribution in [-0.2, 0) is 4.79 Å². The van der Waals surface area contributed by atoms with Gasteiger partial charge in [-0.3, -0.25) is 4.79 Å². The standard InChI is InChI=1S/C14H19ClN4O/c1-10(8-16)9-19(2)6-5-14(20)18-11-3-4-12(15)13(17)7-11/h3-4,7,10H,5-6,9,17H2,1-2H3,(H,18,20). The van der Waals surface area contributed by atoms with Gasteiger partial charge in [-0.15, -0.1) is 0 Å².